The maximum atomic E-state index is 10.0. The van der Waals surface area contributed by atoms with Gasteiger partial charge in [0.1, 0.15) is 11.5 Å². The lowest BCUT2D eigenvalue weighted by Crippen LogP contribution is -2.43. The molecule has 0 bridgehead atoms. The first kappa shape index (κ1) is 13.8. The van der Waals surface area contributed by atoms with E-state index in [0.29, 0.717) is 13.0 Å². The van der Waals surface area contributed by atoms with Crippen molar-refractivity contribution in [1.29, 1.82) is 0 Å². The van der Waals surface area contributed by atoms with Gasteiger partial charge in [0.15, 0.2) is 0 Å². The molecule has 1 atom stereocenters. The standard InChI is InChI=1S/C17H19NO3/c1-20-14-8-6-13(7-9-14)18-17(12-19)10-11-21-16-5-3-2-4-15(16)17/h2-9,18-19H,10-12H2,1H3. The molecule has 110 valence electrons. The van der Waals surface area contributed by atoms with E-state index in [2.05, 4.69) is 5.32 Å². The molecular formula is C17H19NO3. The van der Waals surface area contributed by atoms with E-state index in [0.717, 1.165) is 22.7 Å². The summed E-state index contributed by atoms with van der Waals surface area (Å²) in [4.78, 5) is 0. The van der Waals surface area contributed by atoms with Crippen molar-refractivity contribution >= 4 is 5.69 Å². The van der Waals surface area contributed by atoms with Crippen molar-refractivity contribution in [1.82, 2.24) is 0 Å². The van der Waals surface area contributed by atoms with Crippen LogP contribution in [0.25, 0.3) is 0 Å². The average Bonchev–Trinajstić information content (AvgIpc) is 2.56. The Morgan fingerprint density at radius 1 is 1.19 bits per heavy atom. The lowest BCUT2D eigenvalue weighted by Gasteiger charge is -2.39. The molecule has 1 heterocycles. The molecule has 0 saturated heterocycles. The number of ether oxygens (including phenoxy) is 2. The van der Waals surface area contributed by atoms with Gasteiger partial charge in [0.2, 0.25) is 0 Å². The molecule has 1 aliphatic rings. The molecule has 0 amide bonds. The highest BCUT2D eigenvalue weighted by Crippen LogP contribution is 2.39. The summed E-state index contributed by atoms with van der Waals surface area (Å²) in [7, 11) is 1.65. The van der Waals surface area contributed by atoms with E-state index >= 15 is 0 Å². The Bertz CT molecular complexity index is 612. The number of aliphatic hydroxyl groups excluding tert-OH is 1. The number of benzene rings is 2. The van der Waals surface area contributed by atoms with E-state index in [1.165, 1.54) is 0 Å². The number of rotatable bonds is 4. The second kappa shape index (κ2) is 5.66. The lowest BCUT2D eigenvalue weighted by atomic mass is 9.85. The minimum absolute atomic E-state index is 0.0133. The zero-order chi connectivity index (χ0) is 14.7. The van der Waals surface area contributed by atoms with Crippen molar-refractivity contribution in [3.63, 3.8) is 0 Å². The highest BCUT2D eigenvalue weighted by atomic mass is 16.5. The van der Waals surface area contributed by atoms with Crippen LogP contribution in [-0.4, -0.2) is 25.4 Å². The molecule has 0 spiro atoms. The fourth-order valence-electron chi connectivity index (χ4n) is 2.74. The largest absolute Gasteiger partial charge is 0.497 e. The van der Waals surface area contributed by atoms with Crippen molar-refractivity contribution in [3.05, 3.63) is 54.1 Å². The first-order chi connectivity index (χ1) is 10.3. The van der Waals surface area contributed by atoms with Gasteiger partial charge in [0.05, 0.1) is 25.9 Å². The first-order valence-corrected chi connectivity index (χ1v) is 7.03. The summed E-state index contributed by atoms with van der Waals surface area (Å²) in [6.07, 6.45) is 0.715. The van der Waals surface area contributed by atoms with Gasteiger partial charge in [-0.3, -0.25) is 0 Å². The smallest absolute Gasteiger partial charge is 0.124 e. The molecule has 0 aromatic heterocycles. The molecule has 0 aliphatic carbocycles. The molecule has 2 N–H and O–H groups in total. The minimum atomic E-state index is -0.510. The number of aliphatic hydroxyl groups is 1. The Balaban J connectivity index is 1.94. The Kier molecular flexibility index (Phi) is 3.71. The molecule has 21 heavy (non-hydrogen) atoms. The summed E-state index contributed by atoms with van der Waals surface area (Å²) in [5, 5.41) is 13.5. The van der Waals surface area contributed by atoms with E-state index in [1.54, 1.807) is 7.11 Å². The summed E-state index contributed by atoms with van der Waals surface area (Å²) in [6.45, 7) is 0.597. The summed E-state index contributed by atoms with van der Waals surface area (Å²) in [5.74, 6) is 1.64. The highest BCUT2D eigenvalue weighted by molar-refractivity contribution is 5.53. The van der Waals surface area contributed by atoms with Crippen LogP contribution in [0.3, 0.4) is 0 Å². The molecule has 0 fully saturated rings. The van der Waals surface area contributed by atoms with Gasteiger partial charge in [-0.25, -0.2) is 0 Å². The Morgan fingerprint density at radius 2 is 1.95 bits per heavy atom. The number of nitrogens with one attached hydrogen (secondary N) is 1. The monoisotopic (exact) mass is 285 g/mol. The number of hydrogen-bond donors (Lipinski definition) is 2. The van der Waals surface area contributed by atoms with Crippen LogP contribution in [0.2, 0.25) is 0 Å². The Morgan fingerprint density at radius 3 is 2.67 bits per heavy atom. The van der Waals surface area contributed by atoms with E-state index in [4.69, 9.17) is 9.47 Å². The molecule has 3 rings (SSSR count). The Labute approximate surface area is 124 Å². The average molecular weight is 285 g/mol. The minimum Gasteiger partial charge on any atom is -0.497 e. The molecule has 0 radical (unpaired) electrons. The SMILES string of the molecule is COc1ccc(NC2(CO)CCOc3ccccc32)cc1. The van der Waals surface area contributed by atoms with Gasteiger partial charge in [0.25, 0.3) is 0 Å². The second-order valence-corrected chi connectivity index (χ2v) is 5.19. The van der Waals surface area contributed by atoms with Crippen LogP contribution in [0.4, 0.5) is 5.69 Å². The van der Waals surface area contributed by atoms with Crippen molar-refractivity contribution in [2.45, 2.75) is 12.0 Å². The van der Waals surface area contributed by atoms with Gasteiger partial charge in [-0.2, -0.15) is 0 Å². The maximum absolute atomic E-state index is 10.0. The predicted octanol–water partition coefficient (Wildman–Crippen LogP) is 2.78. The van der Waals surface area contributed by atoms with Crippen LogP contribution in [0.15, 0.2) is 48.5 Å². The fraction of sp³-hybridized carbons (Fsp3) is 0.294. The first-order valence-electron chi connectivity index (χ1n) is 7.03. The van der Waals surface area contributed by atoms with Crippen molar-refractivity contribution in [2.75, 3.05) is 25.6 Å². The lowest BCUT2D eigenvalue weighted by molar-refractivity contribution is 0.152. The third kappa shape index (κ3) is 2.54. The molecule has 2 aromatic rings. The van der Waals surface area contributed by atoms with Gasteiger partial charge in [0, 0.05) is 17.7 Å². The molecule has 4 heteroatoms. The van der Waals surface area contributed by atoms with Gasteiger partial charge < -0.3 is 19.9 Å². The number of anilines is 1. The number of para-hydroxylation sites is 1. The third-order valence-electron chi connectivity index (χ3n) is 3.93. The number of hydrogen-bond acceptors (Lipinski definition) is 4. The van der Waals surface area contributed by atoms with Crippen LogP contribution < -0.4 is 14.8 Å². The van der Waals surface area contributed by atoms with E-state index < -0.39 is 5.54 Å². The second-order valence-electron chi connectivity index (χ2n) is 5.19. The van der Waals surface area contributed by atoms with Crippen LogP contribution in [0, 0.1) is 0 Å². The highest BCUT2D eigenvalue weighted by Gasteiger charge is 2.37. The molecule has 2 aromatic carbocycles. The summed E-state index contributed by atoms with van der Waals surface area (Å²) >= 11 is 0. The van der Waals surface area contributed by atoms with E-state index in [9.17, 15) is 5.11 Å². The molecule has 1 aliphatic heterocycles. The third-order valence-corrected chi connectivity index (χ3v) is 3.93. The molecule has 4 nitrogen and oxygen atoms in total. The number of methoxy groups -OCH3 is 1. The summed E-state index contributed by atoms with van der Waals surface area (Å²) < 4.78 is 10.9. The van der Waals surface area contributed by atoms with Gasteiger partial charge in [-0.15, -0.1) is 0 Å². The summed E-state index contributed by atoms with van der Waals surface area (Å²) in [6, 6.07) is 15.6. The van der Waals surface area contributed by atoms with Crippen molar-refractivity contribution < 1.29 is 14.6 Å². The topological polar surface area (TPSA) is 50.7 Å². The molecular weight excluding hydrogens is 266 g/mol. The normalized spacial score (nSPS) is 20.3. The Hall–Kier alpha value is -2.20. The van der Waals surface area contributed by atoms with E-state index in [1.807, 2.05) is 48.5 Å². The molecule has 1 unspecified atom stereocenters. The fourth-order valence-corrected chi connectivity index (χ4v) is 2.74. The van der Waals surface area contributed by atoms with Gasteiger partial charge >= 0.3 is 0 Å². The van der Waals surface area contributed by atoms with Crippen LogP contribution in [0.1, 0.15) is 12.0 Å². The predicted molar refractivity (Wildman–Crippen MR) is 81.9 cm³/mol. The van der Waals surface area contributed by atoms with Crippen LogP contribution in [-0.2, 0) is 5.54 Å². The van der Waals surface area contributed by atoms with Crippen LogP contribution >= 0.6 is 0 Å². The van der Waals surface area contributed by atoms with Gasteiger partial charge in [-0.05, 0) is 30.3 Å². The molecule has 0 saturated carbocycles. The van der Waals surface area contributed by atoms with Crippen LogP contribution in [0.5, 0.6) is 11.5 Å². The summed E-state index contributed by atoms with van der Waals surface area (Å²) in [5.41, 5.74) is 1.43. The van der Waals surface area contributed by atoms with Crippen molar-refractivity contribution in [3.8, 4) is 11.5 Å². The van der Waals surface area contributed by atoms with E-state index in [-0.39, 0.29) is 6.61 Å². The number of fused-ring (bicyclic) bond motifs is 1. The zero-order valence-electron chi connectivity index (χ0n) is 12.0. The van der Waals surface area contributed by atoms with Crippen molar-refractivity contribution in [2.24, 2.45) is 0 Å². The zero-order valence-corrected chi connectivity index (χ0v) is 12.0. The quantitative estimate of drug-likeness (QED) is 0.907. The maximum Gasteiger partial charge on any atom is 0.124 e. The van der Waals surface area contributed by atoms with Gasteiger partial charge in [-0.1, -0.05) is 18.2 Å².